The Kier molecular flexibility index (Phi) is 6.57. The minimum atomic E-state index is -0.276. The lowest BCUT2D eigenvalue weighted by Crippen LogP contribution is -2.03. The Morgan fingerprint density at radius 3 is 2.75 bits per heavy atom. The summed E-state index contributed by atoms with van der Waals surface area (Å²) in [6.45, 7) is 11.3. The van der Waals surface area contributed by atoms with E-state index in [9.17, 15) is 4.79 Å². The van der Waals surface area contributed by atoms with Crippen LogP contribution in [0, 0.1) is 6.92 Å². The predicted molar refractivity (Wildman–Crippen MR) is 81.2 cm³/mol. The van der Waals surface area contributed by atoms with E-state index in [-0.39, 0.29) is 5.97 Å². The van der Waals surface area contributed by atoms with Crippen molar-refractivity contribution in [1.29, 1.82) is 0 Å². The molecule has 0 aliphatic carbocycles. The zero-order valence-corrected chi connectivity index (χ0v) is 12.3. The quantitative estimate of drug-likeness (QED) is 0.519. The Morgan fingerprint density at radius 1 is 1.45 bits per heavy atom. The fourth-order valence-electron chi connectivity index (χ4n) is 1.76. The summed E-state index contributed by atoms with van der Waals surface area (Å²) >= 11 is 0. The van der Waals surface area contributed by atoms with Gasteiger partial charge in [-0.25, -0.2) is 0 Å². The van der Waals surface area contributed by atoms with Crippen LogP contribution in [0.5, 0.6) is 0 Å². The van der Waals surface area contributed by atoms with Crippen molar-refractivity contribution in [2.75, 3.05) is 6.61 Å². The average molecular weight is 274 g/mol. The molecular formula is C17H22O3. The molecular weight excluding hydrogens is 252 g/mol. The predicted octanol–water partition coefficient (Wildman–Crippen LogP) is 4.45. The van der Waals surface area contributed by atoms with Crippen molar-refractivity contribution >= 4 is 12.0 Å². The molecule has 0 spiro atoms. The van der Waals surface area contributed by atoms with Gasteiger partial charge in [0.1, 0.15) is 12.4 Å². The third-order valence-electron chi connectivity index (χ3n) is 2.84. The van der Waals surface area contributed by atoms with Crippen LogP contribution in [-0.4, -0.2) is 12.6 Å². The number of hydrogen-bond donors (Lipinski definition) is 0. The maximum Gasteiger partial charge on any atom is 0.302 e. The van der Waals surface area contributed by atoms with E-state index in [1.807, 2.05) is 19.1 Å². The number of allylic oxidation sites excluding steroid dienone is 2. The normalized spacial score (nSPS) is 11.2. The number of rotatable bonds is 8. The highest BCUT2D eigenvalue weighted by Gasteiger charge is 2.04. The number of esters is 1. The number of hydrogen-bond acceptors (Lipinski definition) is 3. The largest absolute Gasteiger partial charge is 0.465 e. The second-order valence-electron chi connectivity index (χ2n) is 4.83. The lowest BCUT2D eigenvalue weighted by molar-refractivity contribution is -0.140. The monoisotopic (exact) mass is 274 g/mol. The smallest absolute Gasteiger partial charge is 0.302 e. The van der Waals surface area contributed by atoms with E-state index in [2.05, 4.69) is 13.2 Å². The van der Waals surface area contributed by atoms with Gasteiger partial charge in [-0.2, -0.15) is 0 Å². The molecule has 3 nitrogen and oxygen atoms in total. The van der Waals surface area contributed by atoms with E-state index < -0.39 is 0 Å². The van der Waals surface area contributed by atoms with Gasteiger partial charge in [-0.3, -0.25) is 4.79 Å². The highest BCUT2D eigenvalue weighted by molar-refractivity contribution is 5.66. The molecule has 0 amide bonds. The fraction of sp³-hybridized carbons (Fsp3) is 0.353. The zero-order valence-electron chi connectivity index (χ0n) is 12.3. The van der Waals surface area contributed by atoms with Crippen molar-refractivity contribution in [3.8, 4) is 0 Å². The van der Waals surface area contributed by atoms with Crippen LogP contribution in [0.2, 0.25) is 0 Å². The highest BCUT2D eigenvalue weighted by Crippen LogP contribution is 2.17. The van der Waals surface area contributed by atoms with Gasteiger partial charge in [0, 0.05) is 6.92 Å². The molecule has 108 valence electrons. The van der Waals surface area contributed by atoms with Gasteiger partial charge in [0.2, 0.25) is 0 Å². The molecule has 0 saturated heterocycles. The van der Waals surface area contributed by atoms with Crippen LogP contribution in [0.4, 0.5) is 0 Å². The van der Waals surface area contributed by atoms with E-state index in [0.29, 0.717) is 6.61 Å². The lowest BCUT2D eigenvalue weighted by atomic mass is 10.0. The number of carbonyl (C=O) groups excluding carboxylic acids is 1. The molecule has 0 bridgehead atoms. The summed E-state index contributed by atoms with van der Waals surface area (Å²) in [4.78, 5) is 10.9. The van der Waals surface area contributed by atoms with Crippen molar-refractivity contribution in [2.24, 2.45) is 0 Å². The van der Waals surface area contributed by atoms with Gasteiger partial charge < -0.3 is 9.15 Å². The standard InChI is InChI=1S/C17H22O3/c1-5-13(2)7-6-8-16(12-19-15(4)18)10-17-9-14(3)11-20-17/h5,9-11H,1-2,6-8,12H2,3-4H3/b16-10-. The molecule has 0 N–H and O–H groups in total. The van der Waals surface area contributed by atoms with Gasteiger partial charge >= 0.3 is 5.97 Å². The van der Waals surface area contributed by atoms with Gasteiger partial charge in [0.25, 0.3) is 0 Å². The maximum absolute atomic E-state index is 10.9. The van der Waals surface area contributed by atoms with Gasteiger partial charge in [0.05, 0.1) is 6.26 Å². The summed E-state index contributed by atoms with van der Waals surface area (Å²) in [6, 6.07) is 1.95. The first-order chi connectivity index (χ1) is 9.51. The van der Waals surface area contributed by atoms with Crippen LogP contribution in [0.1, 0.15) is 37.5 Å². The van der Waals surface area contributed by atoms with Crippen LogP contribution < -0.4 is 0 Å². The summed E-state index contributed by atoms with van der Waals surface area (Å²) in [5.74, 6) is 0.509. The molecule has 0 aliphatic heterocycles. The number of carbonyl (C=O) groups is 1. The first kappa shape index (κ1) is 16.0. The third-order valence-corrected chi connectivity index (χ3v) is 2.84. The van der Waals surface area contributed by atoms with E-state index in [1.54, 1.807) is 12.3 Å². The number of furan rings is 1. The van der Waals surface area contributed by atoms with Gasteiger partial charge in [-0.1, -0.05) is 24.8 Å². The lowest BCUT2D eigenvalue weighted by Gasteiger charge is -2.07. The SMILES string of the molecule is C=CC(=C)CCC/C(=C/c1cc(C)co1)COC(C)=O. The summed E-state index contributed by atoms with van der Waals surface area (Å²) < 4.78 is 10.5. The van der Waals surface area contributed by atoms with E-state index >= 15 is 0 Å². The first-order valence-corrected chi connectivity index (χ1v) is 6.69. The molecule has 0 aliphatic rings. The van der Waals surface area contributed by atoms with Crippen LogP contribution in [-0.2, 0) is 9.53 Å². The second kappa shape index (κ2) is 8.20. The molecule has 3 heteroatoms. The minimum Gasteiger partial charge on any atom is -0.465 e. The Morgan fingerprint density at radius 2 is 2.20 bits per heavy atom. The van der Waals surface area contributed by atoms with E-state index in [0.717, 1.165) is 41.7 Å². The Labute approximate surface area is 120 Å². The van der Waals surface area contributed by atoms with Crippen LogP contribution >= 0.6 is 0 Å². The fourth-order valence-corrected chi connectivity index (χ4v) is 1.76. The van der Waals surface area contributed by atoms with Crippen molar-refractivity contribution < 1.29 is 13.9 Å². The van der Waals surface area contributed by atoms with Gasteiger partial charge in [-0.05, 0) is 49.5 Å². The molecule has 0 atom stereocenters. The summed E-state index contributed by atoms with van der Waals surface area (Å²) in [6.07, 6.45) is 8.07. The summed E-state index contributed by atoms with van der Waals surface area (Å²) in [5.41, 5.74) is 3.13. The van der Waals surface area contributed by atoms with Gasteiger partial charge in [0.15, 0.2) is 0 Å². The molecule has 1 aromatic rings. The molecule has 0 radical (unpaired) electrons. The molecule has 1 heterocycles. The summed E-state index contributed by atoms with van der Waals surface area (Å²) in [7, 11) is 0. The Hall–Kier alpha value is -2.03. The van der Waals surface area contributed by atoms with E-state index in [1.165, 1.54) is 6.92 Å². The molecule has 0 fully saturated rings. The maximum atomic E-state index is 10.9. The van der Waals surface area contributed by atoms with Gasteiger partial charge in [-0.15, -0.1) is 0 Å². The van der Waals surface area contributed by atoms with Crippen LogP contribution in [0.25, 0.3) is 6.08 Å². The summed E-state index contributed by atoms with van der Waals surface area (Å²) in [5, 5.41) is 0. The minimum absolute atomic E-state index is 0.276. The van der Waals surface area contributed by atoms with Crippen molar-refractivity contribution in [1.82, 2.24) is 0 Å². The van der Waals surface area contributed by atoms with Crippen LogP contribution in [0.15, 0.2) is 47.1 Å². The van der Waals surface area contributed by atoms with E-state index in [4.69, 9.17) is 9.15 Å². The number of ether oxygens (including phenoxy) is 1. The molecule has 0 aromatic carbocycles. The average Bonchev–Trinajstić information content (AvgIpc) is 2.80. The Bertz CT molecular complexity index is 506. The molecule has 1 rings (SSSR count). The zero-order chi connectivity index (χ0) is 15.0. The second-order valence-corrected chi connectivity index (χ2v) is 4.83. The third kappa shape index (κ3) is 6.23. The highest BCUT2D eigenvalue weighted by atomic mass is 16.5. The van der Waals surface area contributed by atoms with Crippen molar-refractivity contribution in [3.63, 3.8) is 0 Å². The molecule has 20 heavy (non-hydrogen) atoms. The Balaban J connectivity index is 2.64. The van der Waals surface area contributed by atoms with Crippen LogP contribution in [0.3, 0.4) is 0 Å². The topological polar surface area (TPSA) is 39.4 Å². The van der Waals surface area contributed by atoms with Crippen molar-refractivity contribution in [3.05, 3.63) is 54.0 Å². The first-order valence-electron chi connectivity index (χ1n) is 6.69. The molecule has 1 aromatic heterocycles. The molecule has 0 unspecified atom stereocenters. The molecule has 0 saturated carbocycles. The number of aryl methyl sites for hydroxylation is 1. The van der Waals surface area contributed by atoms with Crippen molar-refractivity contribution in [2.45, 2.75) is 33.1 Å².